The van der Waals surface area contributed by atoms with Crippen molar-refractivity contribution >= 4 is 40.4 Å². The van der Waals surface area contributed by atoms with Gasteiger partial charge in [-0.1, -0.05) is 29.9 Å². The fourth-order valence-corrected chi connectivity index (χ4v) is 1.98. The quantitative estimate of drug-likeness (QED) is 0.846. The molecule has 1 aromatic heterocycles. The number of nitrogens with one attached hydrogen (secondary N) is 1. The lowest BCUT2D eigenvalue weighted by Gasteiger charge is -2.10. The van der Waals surface area contributed by atoms with Gasteiger partial charge in [0.05, 0.1) is 17.8 Å². The maximum absolute atomic E-state index is 12.3. The van der Waals surface area contributed by atoms with Gasteiger partial charge in [0.2, 0.25) is 5.88 Å². The molecule has 0 aliphatic carbocycles. The van der Waals surface area contributed by atoms with Crippen LogP contribution in [0.15, 0.2) is 36.5 Å². The van der Waals surface area contributed by atoms with Crippen LogP contribution in [-0.4, -0.2) is 23.0 Å². The number of rotatable bonds is 4. The van der Waals surface area contributed by atoms with Gasteiger partial charge in [-0.25, -0.2) is 4.98 Å². The van der Waals surface area contributed by atoms with Gasteiger partial charge in [0.1, 0.15) is 10.6 Å². The zero-order valence-electron chi connectivity index (χ0n) is 11.1. The summed E-state index contributed by atoms with van der Waals surface area (Å²) in [4.78, 5) is 16.5. The van der Waals surface area contributed by atoms with Crippen LogP contribution in [0.25, 0.3) is 0 Å². The number of ether oxygens (including phenoxy) is 1. The maximum atomic E-state index is 12.3. The molecule has 0 saturated heterocycles. The fraction of sp³-hybridized carbons (Fsp3) is 0.0714. The molecular formula is C14H12ClN3O2S. The number of pyridine rings is 1. The number of carbonyl (C=O) groups excluding carboxylic acids is 1. The number of carbonyl (C=O) groups is 1. The van der Waals surface area contributed by atoms with E-state index in [0.29, 0.717) is 21.8 Å². The van der Waals surface area contributed by atoms with Gasteiger partial charge in [-0.2, -0.15) is 0 Å². The molecule has 1 heterocycles. The lowest BCUT2D eigenvalue weighted by molar-refractivity contribution is 0.102. The van der Waals surface area contributed by atoms with Crippen molar-refractivity contribution in [1.29, 1.82) is 0 Å². The van der Waals surface area contributed by atoms with Crippen molar-refractivity contribution in [2.24, 2.45) is 5.73 Å². The van der Waals surface area contributed by atoms with Gasteiger partial charge in [0.15, 0.2) is 0 Å². The molecule has 1 aromatic carbocycles. The highest BCUT2D eigenvalue weighted by Crippen LogP contribution is 2.24. The number of benzene rings is 1. The Morgan fingerprint density at radius 2 is 2.19 bits per heavy atom. The third-order valence-corrected chi connectivity index (χ3v) is 3.27. The molecule has 0 spiro atoms. The Morgan fingerprint density at radius 1 is 1.43 bits per heavy atom. The first-order valence-electron chi connectivity index (χ1n) is 5.92. The van der Waals surface area contributed by atoms with Crippen LogP contribution in [0.4, 0.5) is 5.69 Å². The number of nitrogens with zero attached hydrogens (tertiary/aromatic N) is 1. The number of methoxy groups -OCH3 is 1. The minimum atomic E-state index is -0.387. The summed E-state index contributed by atoms with van der Waals surface area (Å²) >= 11 is 11.0. The molecule has 0 saturated carbocycles. The van der Waals surface area contributed by atoms with Crippen molar-refractivity contribution in [1.82, 2.24) is 4.98 Å². The van der Waals surface area contributed by atoms with Gasteiger partial charge in [-0.15, -0.1) is 0 Å². The van der Waals surface area contributed by atoms with Gasteiger partial charge in [0.25, 0.3) is 5.91 Å². The van der Waals surface area contributed by atoms with Crippen molar-refractivity contribution in [2.45, 2.75) is 0 Å². The van der Waals surface area contributed by atoms with Gasteiger partial charge in [0, 0.05) is 11.8 Å². The van der Waals surface area contributed by atoms with Crippen LogP contribution >= 0.6 is 23.8 Å². The number of thiocarbonyl (C=S) groups is 1. The topological polar surface area (TPSA) is 77.2 Å². The van der Waals surface area contributed by atoms with Crippen LogP contribution < -0.4 is 15.8 Å². The number of amides is 1. The molecular weight excluding hydrogens is 310 g/mol. The SMILES string of the molecule is COc1ncccc1C(=O)Nc1cc(C(N)=S)ccc1Cl. The Morgan fingerprint density at radius 3 is 2.86 bits per heavy atom. The number of halogens is 1. The smallest absolute Gasteiger partial charge is 0.261 e. The van der Waals surface area contributed by atoms with Crippen LogP contribution in [0.2, 0.25) is 5.02 Å². The Bertz CT molecular complexity index is 706. The van der Waals surface area contributed by atoms with Gasteiger partial charge >= 0.3 is 0 Å². The summed E-state index contributed by atoms with van der Waals surface area (Å²) in [5, 5.41) is 3.07. The van der Waals surface area contributed by atoms with Gasteiger partial charge in [-0.05, 0) is 24.3 Å². The zero-order valence-corrected chi connectivity index (χ0v) is 12.7. The summed E-state index contributed by atoms with van der Waals surface area (Å²) in [5.41, 5.74) is 6.90. The molecule has 0 fully saturated rings. The molecule has 21 heavy (non-hydrogen) atoms. The minimum absolute atomic E-state index is 0.223. The highest BCUT2D eigenvalue weighted by molar-refractivity contribution is 7.80. The van der Waals surface area contributed by atoms with E-state index in [2.05, 4.69) is 10.3 Å². The lowest BCUT2D eigenvalue weighted by Crippen LogP contribution is -2.15. The Balaban J connectivity index is 2.31. The van der Waals surface area contributed by atoms with Gasteiger partial charge < -0.3 is 15.8 Å². The molecule has 3 N–H and O–H groups in total. The van der Waals surface area contributed by atoms with E-state index in [1.807, 2.05) is 0 Å². The van der Waals surface area contributed by atoms with E-state index >= 15 is 0 Å². The van der Waals surface area contributed by atoms with Crippen LogP contribution in [0.5, 0.6) is 5.88 Å². The lowest BCUT2D eigenvalue weighted by atomic mass is 10.2. The molecule has 0 unspecified atom stereocenters. The number of nitrogens with two attached hydrogens (primary N) is 1. The van der Waals surface area contributed by atoms with Crippen LogP contribution in [0.3, 0.4) is 0 Å². The van der Waals surface area contributed by atoms with Crippen molar-refractivity contribution in [3.8, 4) is 5.88 Å². The second-order valence-corrected chi connectivity index (χ2v) is 4.92. The molecule has 0 aliphatic heterocycles. The normalized spacial score (nSPS) is 10.0. The highest BCUT2D eigenvalue weighted by Gasteiger charge is 2.14. The van der Waals surface area contributed by atoms with E-state index < -0.39 is 0 Å². The Kier molecular flexibility index (Phi) is 4.72. The van der Waals surface area contributed by atoms with Crippen LogP contribution in [0, 0.1) is 0 Å². The number of hydrogen-bond donors (Lipinski definition) is 2. The Labute approximate surface area is 132 Å². The number of aromatic nitrogens is 1. The molecule has 0 atom stereocenters. The van der Waals surface area contributed by atoms with Crippen molar-refractivity contribution in [3.63, 3.8) is 0 Å². The van der Waals surface area contributed by atoms with E-state index in [9.17, 15) is 4.79 Å². The van der Waals surface area contributed by atoms with E-state index in [-0.39, 0.29) is 16.8 Å². The maximum Gasteiger partial charge on any atom is 0.261 e. The third kappa shape index (κ3) is 3.48. The summed E-state index contributed by atoms with van der Waals surface area (Å²) in [6.45, 7) is 0. The summed E-state index contributed by atoms with van der Waals surface area (Å²) in [6.07, 6.45) is 1.54. The van der Waals surface area contributed by atoms with Crippen molar-refractivity contribution in [2.75, 3.05) is 12.4 Å². The third-order valence-electron chi connectivity index (χ3n) is 2.71. The van der Waals surface area contributed by atoms with Crippen molar-refractivity contribution in [3.05, 3.63) is 52.7 Å². The average Bonchev–Trinajstić information content (AvgIpc) is 2.49. The first-order valence-corrected chi connectivity index (χ1v) is 6.71. The summed E-state index contributed by atoms with van der Waals surface area (Å²) in [5.74, 6) is -0.154. The van der Waals surface area contributed by atoms with Crippen LogP contribution in [-0.2, 0) is 0 Å². The summed E-state index contributed by atoms with van der Waals surface area (Å²) in [6, 6.07) is 8.17. The highest BCUT2D eigenvalue weighted by atomic mass is 35.5. The van der Waals surface area contributed by atoms with E-state index in [0.717, 1.165) is 0 Å². The first kappa shape index (κ1) is 15.2. The minimum Gasteiger partial charge on any atom is -0.480 e. The largest absolute Gasteiger partial charge is 0.480 e. The first-order chi connectivity index (χ1) is 10.0. The van der Waals surface area contributed by atoms with Crippen molar-refractivity contribution < 1.29 is 9.53 Å². The predicted octanol–water partition coefficient (Wildman–Crippen LogP) is 2.63. The summed E-state index contributed by atoms with van der Waals surface area (Å²) in [7, 11) is 1.44. The second kappa shape index (κ2) is 6.51. The predicted molar refractivity (Wildman–Crippen MR) is 86.1 cm³/mol. The second-order valence-electron chi connectivity index (χ2n) is 4.07. The van der Waals surface area contributed by atoms with Crippen LogP contribution in [0.1, 0.15) is 15.9 Å². The molecule has 2 aromatic rings. The van der Waals surface area contributed by atoms with E-state index in [4.69, 9.17) is 34.3 Å². The fourth-order valence-electron chi connectivity index (χ4n) is 1.69. The summed E-state index contributed by atoms with van der Waals surface area (Å²) < 4.78 is 5.05. The monoisotopic (exact) mass is 321 g/mol. The molecule has 108 valence electrons. The molecule has 5 nitrogen and oxygen atoms in total. The molecule has 1 amide bonds. The van der Waals surface area contributed by atoms with E-state index in [1.54, 1.807) is 30.3 Å². The zero-order chi connectivity index (χ0) is 15.4. The Hall–Kier alpha value is -2.18. The number of anilines is 1. The molecule has 7 heteroatoms. The molecule has 0 bridgehead atoms. The van der Waals surface area contributed by atoms with E-state index in [1.165, 1.54) is 13.3 Å². The molecule has 0 radical (unpaired) electrons. The average molecular weight is 322 g/mol. The standard InChI is InChI=1S/C14H12ClN3O2S/c1-20-14-9(3-2-6-17-14)13(19)18-11-7-8(12(16)21)4-5-10(11)15/h2-7H,1H3,(H2,16,21)(H,18,19). The van der Waals surface area contributed by atoms with Gasteiger partial charge in [-0.3, -0.25) is 4.79 Å². The molecule has 2 rings (SSSR count). The molecule has 0 aliphatic rings. The number of hydrogen-bond acceptors (Lipinski definition) is 4.